The smallest absolute Gasteiger partial charge is 0.344 e. The molecular weight excluding hydrogens is 364 g/mol. The van der Waals surface area contributed by atoms with E-state index in [9.17, 15) is 9.59 Å². The molecule has 6 heteroatoms. The Kier molecular flexibility index (Phi) is 5.77. The number of fused-ring (bicyclic) bond motifs is 2. The molecule has 0 saturated carbocycles. The zero-order valence-electron chi connectivity index (χ0n) is 15.4. The lowest BCUT2D eigenvalue weighted by Crippen LogP contribution is -2.31. The molecule has 0 bridgehead atoms. The highest BCUT2D eigenvalue weighted by molar-refractivity contribution is 7.24. The van der Waals surface area contributed by atoms with E-state index in [4.69, 9.17) is 14.6 Å². The fourth-order valence-corrected chi connectivity index (χ4v) is 4.06. The minimum Gasteiger partial charge on any atom is -0.481 e. The third-order valence-corrected chi connectivity index (χ3v) is 5.38. The van der Waals surface area contributed by atoms with Gasteiger partial charge in [-0.05, 0) is 51.0 Å². The highest BCUT2D eigenvalue weighted by Gasteiger charge is 2.23. The number of carbonyl (C=O) groups is 1. The van der Waals surface area contributed by atoms with Crippen LogP contribution in [0.1, 0.15) is 26.7 Å². The van der Waals surface area contributed by atoms with Crippen molar-refractivity contribution in [3.8, 4) is 5.75 Å². The molecule has 142 valence electrons. The van der Waals surface area contributed by atoms with Crippen LogP contribution in [0.4, 0.5) is 0 Å². The summed E-state index contributed by atoms with van der Waals surface area (Å²) in [6.07, 6.45) is 1.11. The van der Waals surface area contributed by atoms with Gasteiger partial charge >= 0.3 is 5.97 Å². The van der Waals surface area contributed by atoms with E-state index in [1.165, 1.54) is 11.3 Å². The molecule has 5 nitrogen and oxygen atoms in total. The molecule has 0 fully saturated rings. The molecule has 2 aromatic carbocycles. The van der Waals surface area contributed by atoms with Crippen LogP contribution in [0.25, 0.3) is 20.2 Å². The van der Waals surface area contributed by atoms with Crippen LogP contribution in [0.2, 0.25) is 0 Å². The second-order valence-corrected chi connectivity index (χ2v) is 7.99. The first-order valence-corrected chi connectivity index (χ1v) is 9.63. The highest BCUT2D eigenvalue weighted by Crippen LogP contribution is 2.30. The molecule has 3 rings (SSSR count). The Bertz CT molecular complexity index is 1020. The maximum absolute atomic E-state index is 12.9. The summed E-state index contributed by atoms with van der Waals surface area (Å²) in [6.45, 7) is 3.36. The molecule has 0 saturated heterocycles. The van der Waals surface area contributed by atoms with E-state index in [2.05, 4.69) is 0 Å². The molecule has 0 unspecified atom stereocenters. The minimum atomic E-state index is -0.677. The number of aliphatic hydroxyl groups is 1. The lowest BCUT2D eigenvalue weighted by Gasteiger charge is -2.24. The van der Waals surface area contributed by atoms with Crippen molar-refractivity contribution in [2.75, 3.05) is 13.2 Å². The average molecular weight is 386 g/mol. The van der Waals surface area contributed by atoms with Gasteiger partial charge in [-0.25, -0.2) is 4.79 Å². The first-order chi connectivity index (χ1) is 12.9. The molecular formula is C21H22O5S. The molecule has 3 aromatic rings. The van der Waals surface area contributed by atoms with Gasteiger partial charge in [0.05, 0.1) is 5.39 Å². The van der Waals surface area contributed by atoms with Crippen LogP contribution in [0, 0.1) is 0 Å². The van der Waals surface area contributed by atoms with Crippen molar-refractivity contribution in [1.29, 1.82) is 0 Å². The van der Waals surface area contributed by atoms with E-state index in [-0.39, 0.29) is 18.6 Å². The van der Waals surface area contributed by atoms with E-state index < -0.39 is 11.6 Å². The summed E-state index contributed by atoms with van der Waals surface area (Å²) in [4.78, 5) is 25.0. The minimum absolute atomic E-state index is 0.0505. The van der Waals surface area contributed by atoms with Crippen molar-refractivity contribution in [1.82, 2.24) is 0 Å². The fraction of sp³-hybridized carbons (Fsp3) is 0.333. The number of esters is 1. The molecule has 27 heavy (non-hydrogen) atoms. The average Bonchev–Trinajstić information content (AvgIpc) is 2.64. The molecule has 0 aliphatic heterocycles. The Labute approximate surface area is 161 Å². The Morgan fingerprint density at radius 3 is 2.63 bits per heavy atom. The first kappa shape index (κ1) is 19.3. The van der Waals surface area contributed by atoms with Gasteiger partial charge in [-0.3, -0.25) is 4.79 Å². The van der Waals surface area contributed by atoms with E-state index in [1.807, 2.05) is 24.3 Å². The van der Waals surface area contributed by atoms with Crippen LogP contribution in [0.15, 0.2) is 47.3 Å². The summed E-state index contributed by atoms with van der Waals surface area (Å²) in [5.74, 6) is -0.128. The third-order valence-electron chi connectivity index (χ3n) is 4.24. The van der Waals surface area contributed by atoms with Crippen LogP contribution in [0.5, 0.6) is 5.75 Å². The van der Waals surface area contributed by atoms with Gasteiger partial charge in [0.2, 0.25) is 0 Å². The monoisotopic (exact) mass is 386 g/mol. The van der Waals surface area contributed by atoms with Gasteiger partial charge < -0.3 is 14.6 Å². The normalized spacial score (nSPS) is 11.7. The zero-order chi connectivity index (χ0) is 19.4. The molecule has 0 radical (unpaired) electrons. The van der Waals surface area contributed by atoms with Gasteiger partial charge in [0.15, 0.2) is 12.0 Å². The highest BCUT2D eigenvalue weighted by atomic mass is 32.1. The van der Waals surface area contributed by atoms with Crippen LogP contribution in [-0.2, 0) is 9.53 Å². The lowest BCUT2D eigenvalue weighted by molar-refractivity contribution is -0.159. The zero-order valence-corrected chi connectivity index (χ0v) is 16.2. The Morgan fingerprint density at radius 1 is 1.11 bits per heavy atom. The van der Waals surface area contributed by atoms with Crippen LogP contribution < -0.4 is 10.2 Å². The number of benzene rings is 2. The first-order valence-electron chi connectivity index (χ1n) is 8.81. The number of hydrogen-bond acceptors (Lipinski definition) is 6. The number of hydrogen-bond donors (Lipinski definition) is 1. The summed E-state index contributed by atoms with van der Waals surface area (Å²) >= 11 is 1.51. The van der Waals surface area contributed by atoms with Gasteiger partial charge in [0.25, 0.3) is 0 Å². The molecule has 1 heterocycles. The summed E-state index contributed by atoms with van der Waals surface area (Å²) in [5, 5.41) is 10.0. The number of ether oxygens (including phenoxy) is 2. The Balaban J connectivity index is 1.82. The Morgan fingerprint density at radius 2 is 1.85 bits per heavy atom. The number of rotatable bonds is 7. The fourth-order valence-electron chi connectivity index (χ4n) is 2.97. The predicted molar refractivity (Wildman–Crippen MR) is 108 cm³/mol. The maximum atomic E-state index is 12.9. The number of aliphatic hydroxyl groups excluding tert-OH is 1. The summed E-state index contributed by atoms with van der Waals surface area (Å²) < 4.78 is 12.8. The van der Waals surface area contributed by atoms with Gasteiger partial charge in [-0.2, -0.15) is 0 Å². The van der Waals surface area contributed by atoms with E-state index in [0.29, 0.717) is 29.4 Å². The van der Waals surface area contributed by atoms with Crippen LogP contribution >= 0.6 is 11.3 Å². The molecule has 0 aliphatic rings. The summed E-state index contributed by atoms with van der Waals surface area (Å²) in [7, 11) is 0. The molecule has 0 aliphatic carbocycles. The molecule has 0 spiro atoms. The molecule has 1 aromatic heterocycles. The number of carbonyl (C=O) groups excluding carboxylic acids is 1. The van der Waals surface area contributed by atoms with Crippen molar-refractivity contribution in [2.45, 2.75) is 32.3 Å². The SMILES string of the molecule is CC(C)(CCCO)OC(=O)COc1cccc2sc3ccccc3c(=O)c12. The van der Waals surface area contributed by atoms with Crippen molar-refractivity contribution < 1.29 is 19.4 Å². The van der Waals surface area contributed by atoms with Crippen molar-refractivity contribution >= 4 is 37.5 Å². The van der Waals surface area contributed by atoms with Crippen molar-refractivity contribution in [2.24, 2.45) is 0 Å². The Hall–Kier alpha value is -2.44. The standard InChI is InChI=1S/C21H22O5S/c1-21(2,11-6-12-22)26-18(23)13-25-15-8-5-10-17-19(15)20(24)14-7-3-4-9-16(14)27-17/h3-5,7-10,22H,6,11-13H2,1-2H3. The van der Waals surface area contributed by atoms with Crippen molar-refractivity contribution in [3.63, 3.8) is 0 Å². The third kappa shape index (κ3) is 4.46. The quantitative estimate of drug-likeness (QED) is 0.493. The van der Waals surface area contributed by atoms with Crippen molar-refractivity contribution in [3.05, 3.63) is 52.7 Å². The maximum Gasteiger partial charge on any atom is 0.344 e. The van der Waals surface area contributed by atoms with E-state index >= 15 is 0 Å². The second-order valence-electron chi connectivity index (χ2n) is 6.91. The lowest BCUT2D eigenvalue weighted by atomic mass is 10.0. The molecule has 0 amide bonds. The molecule has 1 N–H and O–H groups in total. The van der Waals surface area contributed by atoms with Gasteiger partial charge in [0.1, 0.15) is 11.4 Å². The van der Waals surface area contributed by atoms with Gasteiger partial charge in [-0.15, -0.1) is 11.3 Å². The topological polar surface area (TPSA) is 72.8 Å². The molecule has 0 atom stereocenters. The van der Waals surface area contributed by atoms with E-state index in [1.54, 1.807) is 32.0 Å². The largest absolute Gasteiger partial charge is 0.481 e. The summed E-state index contributed by atoms with van der Waals surface area (Å²) in [6, 6.07) is 12.8. The second kappa shape index (κ2) is 8.06. The van der Waals surface area contributed by atoms with Crippen LogP contribution in [0.3, 0.4) is 0 Å². The van der Waals surface area contributed by atoms with Gasteiger partial charge in [-0.1, -0.05) is 18.2 Å². The van der Waals surface area contributed by atoms with E-state index in [0.717, 1.165) is 9.40 Å². The summed E-state index contributed by atoms with van der Waals surface area (Å²) in [5.41, 5.74) is -0.782. The van der Waals surface area contributed by atoms with Gasteiger partial charge in [0, 0.05) is 21.4 Å². The van der Waals surface area contributed by atoms with Crippen LogP contribution in [-0.4, -0.2) is 29.9 Å². The predicted octanol–water partition coefficient (Wildman–Crippen LogP) is 3.89.